The molecule has 19 heavy (non-hydrogen) atoms. The first kappa shape index (κ1) is 17.9. The van der Waals surface area contributed by atoms with Crippen molar-refractivity contribution in [2.75, 3.05) is 13.2 Å². The van der Waals surface area contributed by atoms with Gasteiger partial charge < -0.3 is 15.8 Å². The number of benzene rings is 1. The summed E-state index contributed by atoms with van der Waals surface area (Å²) in [6.07, 6.45) is 1.85. The number of carbonyl (C=O) groups excluding carboxylic acids is 1. The molecule has 0 unspecified atom stereocenters. The Kier molecular flexibility index (Phi) is 10.2. The number of ether oxygens (including phenoxy) is 1. The summed E-state index contributed by atoms with van der Waals surface area (Å²) in [5.41, 5.74) is 6.61. The van der Waals surface area contributed by atoms with Gasteiger partial charge in [0.05, 0.1) is 12.6 Å². The topological polar surface area (TPSA) is 64.4 Å². The summed E-state index contributed by atoms with van der Waals surface area (Å²) in [4.78, 5) is 11.1. The molecular weight excluding hydrogens is 264 g/mol. The van der Waals surface area contributed by atoms with Crippen molar-refractivity contribution in [1.82, 2.24) is 5.32 Å². The fourth-order valence-electron chi connectivity index (χ4n) is 1.47. The van der Waals surface area contributed by atoms with Crippen molar-refractivity contribution in [1.29, 1.82) is 0 Å². The van der Waals surface area contributed by atoms with Gasteiger partial charge in [0.1, 0.15) is 0 Å². The molecule has 3 N–H and O–H groups in total. The number of nitrogens with one attached hydrogen (secondary N) is 1. The maximum absolute atomic E-state index is 11.1. The van der Waals surface area contributed by atoms with Crippen LogP contribution in [0.4, 0.5) is 0 Å². The van der Waals surface area contributed by atoms with Gasteiger partial charge in [0, 0.05) is 13.2 Å². The zero-order valence-corrected chi connectivity index (χ0v) is 12.1. The van der Waals surface area contributed by atoms with Crippen LogP contribution in [0.25, 0.3) is 0 Å². The van der Waals surface area contributed by atoms with E-state index in [4.69, 9.17) is 10.5 Å². The predicted molar refractivity (Wildman–Crippen MR) is 79.2 cm³/mol. The van der Waals surface area contributed by atoms with Gasteiger partial charge in [0.25, 0.3) is 0 Å². The van der Waals surface area contributed by atoms with Gasteiger partial charge in [-0.3, -0.25) is 4.79 Å². The largest absolute Gasteiger partial charge is 0.377 e. The second-order valence-corrected chi connectivity index (χ2v) is 4.32. The van der Waals surface area contributed by atoms with Gasteiger partial charge in [-0.25, -0.2) is 0 Å². The Morgan fingerprint density at radius 1 is 1.32 bits per heavy atom. The van der Waals surface area contributed by atoms with E-state index < -0.39 is 6.04 Å². The van der Waals surface area contributed by atoms with E-state index in [2.05, 4.69) is 5.32 Å². The van der Waals surface area contributed by atoms with Gasteiger partial charge in [-0.2, -0.15) is 0 Å². The standard InChI is InChI=1S/C14H22N2O2.ClH/c1-12(15)14(17)16-9-5-6-10-18-11-13-7-3-2-4-8-13;/h2-4,7-8,12H,5-6,9-11,15H2,1H3,(H,16,17);1H/t12-;/m0./s1. The average molecular weight is 287 g/mol. The van der Waals surface area contributed by atoms with E-state index in [9.17, 15) is 4.79 Å². The molecular formula is C14H23ClN2O2. The van der Waals surface area contributed by atoms with Crippen molar-refractivity contribution in [2.45, 2.75) is 32.4 Å². The Balaban J connectivity index is 0.00000324. The lowest BCUT2D eigenvalue weighted by atomic mass is 10.2. The van der Waals surface area contributed by atoms with Crippen LogP contribution in [0, 0.1) is 0 Å². The molecule has 5 heteroatoms. The molecule has 0 aliphatic rings. The van der Waals surface area contributed by atoms with Gasteiger partial charge in [-0.15, -0.1) is 12.4 Å². The summed E-state index contributed by atoms with van der Waals surface area (Å²) < 4.78 is 5.54. The minimum atomic E-state index is -0.431. The lowest BCUT2D eigenvalue weighted by Gasteiger charge is -2.07. The minimum absolute atomic E-state index is 0. The molecule has 0 aliphatic heterocycles. The normalized spacial score (nSPS) is 11.5. The van der Waals surface area contributed by atoms with Crippen LogP contribution in [-0.4, -0.2) is 25.1 Å². The fraction of sp³-hybridized carbons (Fsp3) is 0.500. The number of hydrogen-bond acceptors (Lipinski definition) is 3. The third-order valence-corrected chi connectivity index (χ3v) is 2.54. The Bertz CT molecular complexity index is 345. The maximum atomic E-state index is 11.1. The lowest BCUT2D eigenvalue weighted by Crippen LogP contribution is -2.38. The summed E-state index contributed by atoms with van der Waals surface area (Å²) in [7, 11) is 0. The van der Waals surface area contributed by atoms with E-state index >= 15 is 0 Å². The van der Waals surface area contributed by atoms with Crippen LogP contribution in [0.5, 0.6) is 0 Å². The molecule has 1 atom stereocenters. The van der Waals surface area contributed by atoms with Gasteiger partial charge in [-0.05, 0) is 25.3 Å². The number of hydrogen-bond donors (Lipinski definition) is 2. The second kappa shape index (κ2) is 10.8. The van der Waals surface area contributed by atoms with Crippen LogP contribution < -0.4 is 11.1 Å². The quantitative estimate of drug-likeness (QED) is 0.717. The van der Waals surface area contributed by atoms with Crippen molar-refractivity contribution in [3.05, 3.63) is 35.9 Å². The summed E-state index contributed by atoms with van der Waals surface area (Å²) >= 11 is 0. The van der Waals surface area contributed by atoms with E-state index in [1.807, 2.05) is 30.3 Å². The van der Waals surface area contributed by atoms with Crippen molar-refractivity contribution in [3.63, 3.8) is 0 Å². The van der Waals surface area contributed by atoms with Gasteiger partial charge in [0.15, 0.2) is 0 Å². The average Bonchev–Trinajstić information content (AvgIpc) is 2.38. The molecule has 1 rings (SSSR count). The molecule has 0 bridgehead atoms. The van der Waals surface area contributed by atoms with Crippen LogP contribution in [0.15, 0.2) is 30.3 Å². The molecule has 1 amide bonds. The molecule has 0 spiro atoms. The first-order valence-electron chi connectivity index (χ1n) is 6.35. The van der Waals surface area contributed by atoms with Gasteiger partial charge in [0.2, 0.25) is 5.91 Å². The highest BCUT2D eigenvalue weighted by atomic mass is 35.5. The van der Waals surface area contributed by atoms with Crippen molar-refractivity contribution >= 4 is 18.3 Å². The molecule has 0 aliphatic carbocycles. The number of amides is 1. The van der Waals surface area contributed by atoms with Crippen LogP contribution in [0.1, 0.15) is 25.3 Å². The van der Waals surface area contributed by atoms with E-state index in [-0.39, 0.29) is 18.3 Å². The molecule has 0 saturated carbocycles. The molecule has 1 aromatic carbocycles. The number of unbranched alkanes of at least 4 members (excludes halogenated alkanes) is 1. The minimum Gasteiger partial charge on any atom is -0.377 e. The van der Waals surface area contributed by atoms with E-state index in [0.29, 0.717) is 19.8 Å². The predicted octanol–water partition coefficient (Wildman–Crippen LogP) is 1.87. The highest BCUT2D eigenvalue weighted by Crippen LogP contribution is 2.01. The van der Waals surface area contributed by atoms with E-state index in [0.717, 1.165) is 12.8 Å². The van der Waals surface area contributed by atoms with Crippen molar-refractivity contribution in [3.8, 4) is 0 Å². The smallest absolute Gasteiger partial charge is 0.236 e. The number of carbonyl (C=O) groups is 1. The molecule has 1 aromatic rings. The molecule has 0 radical (unpaired) electrons. The highest BCUT2D eigenvalue weighted by molar-refractivity contribution is 5.85. The van der Waals surface area contributed by atoms with Gasteiger partial charge >= 0.3 is 0 Å². The molecule has 4 nitrogen and oxygen atoms in total. The summed E-state index contributed by atoms with van der Waals surface area (Å²) in [6.45, 7) is 3.70. The second-order valence-electron chi connectivity index (χ2n) is 4.32. The summed E-state index contributed by atoms with van der Waals surface area (Å²) in [5.74, 6) is -0.0970. The lowest BCUT2D eigenvalue weighted by molar-refractivity contribution is -0.121. The number of rotatable bonds is 8. The number of nitrogens with two attached hydrogens (primary N) is 1. The van der Waals surface area contributed by atoms with Crippen molar-refractivity contribution in [2.24, 2.45) is 5.73 Å². The first-order valence-corrected chi connectivity index (χ1v) is 6.35. The Hall–Kier alpha value is -1.10. The summed E-state index contributed by atoms with van der Waals surface area (Å²) in [5, 5.41) is 2.77. The van der Waals surface area contributed by atoms with Crippen molar-refractivity contribution < 1.29 is 9.53 Å². The molecule has 0 fully saturated rings. The van der Waals surface area contributed by atoms with Crippen LogP contribution >= 0.6 is 12.4 Å². The van der Waals surface area contributed by atoms with Crippen LogP contribution in [0.2, 0.25) is 0 Å². The molecule has 0 aromatic heterocycles. The maximum Gasteiger partial charge on any atom is 0.236 e. The van der Waals surface area contributed by atoms with Crippen LogP contribution in [-0.2, 0) is 16.1 Å². The molecule has 108 valence electrons. The van der Waals surface area contributed by atoms with Gasteiger partial charge in [-0.1, -0.05) is 30.3 Å². The Morgan fingerprint density at radius 3 is 2.63 bits per heavy atom. The molecule has 0 heterocycles. The zero-order chi connectivity index (χ0) is 13.2. The summed E-state index contributed by atoms with van der Waals surface area (Å²) in [6, 6.07) is 9.65. The monoisotopic (exact) mass is 286 g/mol. The van der Waals surface area contributed by atoms with E-state index in [1.54, 1.807) is 6.92 Å². The third kappa shape index (κ3) is 8.59. The first-order chi connectivity index (χ1) is 8.70. The third-order valence-electron chi connectivity index (χ3n) is 2.54. The molecule has 0 saturated heterocycles. The van der Waals surface area contributed by atoms with E-state index in [1.165, 1.54) is 5.56 Å². The SMILES string of the molecule is C[C@H](N)C(=O)NCCCCOCc1ccccc1.Cl. The Labute approximate surface area is 121 Å². The van der Waals surface area contributed by atoms with Crippen LogP contribution in [0.3, 0.4) is 0 Å². The fourth-order valence-corrected chi connectivity index (χ4v) is 1.47. The Morgan fingerprint density at radius 2 is 2.00 bits per heavy atom. The highest BCUT2D eigenvalue weighted by Gasteiger charge is 2.04. The zero-order valence-electron chi connectivity index (χ0n) is 11.3. The number of halogens is 1.